The van der Waals surface area contributed by atoms with Crippen LogP contribution in [0.2, 0.25) is 0 Å². The number of amides is 1. The molecule has 2 N–H and O–H groups in total. The van der Waals surface area contributed by atoms with Gasteiger partial charge in [-0.25, -0.2) is 5.06 Å². The number of carbonyl (C=O) groups is 1. The first-order valence-corrected chi connectivity index (χ1v) is 5.55. The van der Waals surface area contributed by atoms with Crippen LogP contribution in [-0.4, -0.2) is 24.1 Å². The van der Waals surface area contributed by atoms with Gasteiger partial charge >= 0.3 is 0 Å². The van der Waals surface area contributed by atoms with Crippen LogP contribution in [0.4, 0.5) is 0 Å². The van der Waals surface area contributed by atoms with Crippen molar-refractivity contribution in [2.45, 2.75) is 19.4 Å². The van der Waals surface area contributed by atoms with Crippen molar-refractivity contribution in [3.8, 4) is 0 Å². The lowest BCUT2D eigenvalue weighted by Gasteiger charge is -2.25. The van der Waals surface area contributed by atoms with Crippen LogP contribution in [0.5, 0.6) is 0 Å². The van der Waals surface area contributed by atoms with E-state index in [0.717, 1.165) is 18.4 Å². The topological polar surface area (TPSA) is 55.6 Å². The van der Waals surface area contributed by atoms with Crippen LogP contribution >= 0.6 is 0 Å². The first-order chi connectivity index (χ1) is 7.81. The smallest absolute Gasteiger partial charge is 0.277 e. The molecule has 1 saturated heterocycles. The summed E-state index contributed by atoms with van der Waals surface area (Å²) < 4.78 is 0. The first-order valence-electron chi connectivity index (χ1n) is 5.55. The Kier molecular flexibility index (Phi) is 3.54. The Morgan fingerprint density at radius 3 is 2.62 bits per heavy atom. The molecule has 0 radical (unpaired) electrons. The van der Waals surface area contributed by atoms with E-state index in [1.165, 1.54) is 5.06 Å². The molecule has 0 saturated carbocycles. The van der Waals surface area contributed by atoms with Gasteiger partial charge in [-0.15, -0.1) is 0 Å². The molecular weight excluding hydrogens is 204 g/mol. The van der Waals surface area contributed by atoms with Crippen LogP contribution in [0.1, 0.15) is 28.8 Å². The summed E-state index contributed by atoms with van der Waals surface area (Å²) in [6.45, 7) is 1.80. The van der Waals surface area contributed by atoms with Crippen LogP contribution in [0, 0.1) is 0 Å². The van der Waals surface area contributed by atoms with Crippen LogP contribution in [0.15, 0.2) is 24.3 Å². The van der Waals surface area contributed by atoms with Gasteiger partial charge in [0, 0.05) is 18.7 Å². The lowest BCUT2D eigenvalue weighted by Crippen LogP contribution is -2.35. The third kappa shape index (κ3) is 2.40. The molecule has 86 valence electrons. The highest BCUT2D eigenvalue weighted by atomic mass is 16.7. The Hall–Kier alpha value is -1.39. The largest absolute Gasteiger partial charge is 0.326 e. The van der Waals surface area contributed by atoms with Gasteiger partial charge in [0.2, 0.25) is 0 Å². The molecule has 0 unspecified atom stereocenters. The number of carbonyl (C=O) groups excluding carboxylic acids is 1. The fourth-order valence-corrected chi connectivity index (χ4v) is 1.68. The molecule has 4 heteroatoms. The van der Waals surface area contributed by atoms with Crippen molar-refractivity contribution in [2.75, 3.05) is 13.2 Å². The van der Waals surface area contributed by atoms with Crippen molar-refractivity contribution in [1.29, 1.82) is 0 Å². The Morgan fingerprint density at radius 1 is 1.31 bits per heavy atom. The molecule has 0 aromatic heterocycles. The Labute approximate surface area is 94.9 Å². The third-order valence-corrected chi connectivity index (χ3v) is 2.67. The lowest BCUT2D eigenvalue weighted by molar-refractivity contribution is -0.144. The molecule has 0 atom stereocenters. The van der Waals surface area contributed by atoms with Crippen LogP contribution in [0.25, 0.3) is 0 Å². The molecule has 0 aliphatic carbocycles. The van der Waals surface area contributed by atoms with E-state index in [1.54, 1.807) is 12.1 Å². The highest BCUT2D eigenvalue weighted by Crippen LogP contribution is 2.12. The van der Waals surface area contributed by atoms with Gasteiger partial charge in [0.25, 0.3) is 5.91 Å². The van der Waals surface area contributed by atoms with Crippen molar-refractivity contribution in [3.05, 3.63) is 35.4 Å². The highest BCUT2D eigenvalue weighted by Gasteiger charge is 2.18. The van der Waals surface area contributed by atoms with Gasteiger partial charge in [-0.1, -0.05) is 12.1 Å². The van der Waals surface area contributed by atoms with E-state index in [-0.39, 0.29) is 5.91 Å². The fourth-order valence-electron chi connectivity index (χ4n) is 1.68. The van der Waals surface area contributed by atoms with Crippen molar-refractivity contribution in [2.24, 2.45) is 5.73 Å². The number of hydroxylamine groups is 2. The fraction of sp³-hybridized carbons (Fsp3) is 0.417. The SMILES string of the molecule is NCc1ccc(C(=O)N2CCCCO2)cc1. The summed E-state index contributed by atoms with van der Waals surface area (Å²) in [5.41, 5.74) is 7.17. The predicted molar refractivity (Wildman–Crippen MR) is 60.6 cm³/mol. The van der Waals surface area contributed by atoms with Gasteiger partial charge in [-0.05, 0) is 30.5 Å². The van der Waals surface area contributed by atoms with Crippen LogP contribution in [-0.2, 0) is 11.4 Å². The average Bonchev–Trinajstić information content (AvgIpc) is 2.39. The lowest BCUT2D eigenvalue weighted by atomic mass is 10.1. The maximum atomic E-state index is 12.0. The van der Waals surface area contributed by atoms with Gasteiger partial charge in [-0.3, -0.25) is 9.63 Å². The second kappa shape index (κ2) is 5.09. The van der Waals surface area contributed by atoms with E-state index < -0.39 is 0 Å². The minimum atomic E-state index is -0.0664. The van der Waals surface area contributed by atoms with Gasteiger partial charge in [0.15, 0.2) is 0 Å². The summed E-state index contributed by atoms with van der Waals surface area (Å²) in [5.74, 6) is -0.0664. The van der Waals surface area contributed by atoms with Gasteiger partial charge in [0.05, 0.1) is 6.61 Å². The highest BCUT2D eigenvalue weighted by molar-refractivity contribution is 5.93. The molecule has 1 amide bonds. The number of hydrogen-bond donors (Lipinski definition) is 1. The number of rotatable bonds is 2. The average molecular weight is 220 g/mol. The quantitative estimate of drug-likeness (QED) is 0.817. The number of nitrogens with zero attached hydrogens (tertiary/aromatic N) is 1. The molecule has 1 heterocycles. The van der Waals surface area contributed by atoms with E-state index >= 15 is 0 Å². The second-order valence-corrected chi connectivity index (χ2v) is 3.85. The minimum Gasteiger partial charge on any atom is -0.326 e. The zero-order chi connectivity index (χ0) is 11.4. The van der Waals surface area contributed by atoms with E-state index in [1.807, 2.05) is 12.1 Å². The van der Waals surface area contributed by atoms with Crippen molar-refractivity contribution in [1.82, 2.24) is 5.06 Å². The zero-order valence-electron chi connectivity index (χ0n) is 9.19. The Balaban J connectivity index is 2.07. The van der Waals surface area contributed by atoms with E-state index in [9.17, 15) is 4.79 Å². The predicted octanol–water partition coefficient (Wildman–Crippen LogP) is 1.31. The number of benzene rings is 1. The Morgan fingerprint density at radius 2 is 2.06 bits per heavy atom. The number of hydrogen-bond acceptors (Lipinski definition) is 3. The molecule has 1 fully saturated rings. The normalized spacial score (nSPS) is 16.2. The summed E-state index contributed by atoms with van der Waals surface area (Å²) in [6, 6.07) is 7.33. The molecule has 1 aliphatic heterocycles. The third-order valence-electron chi connectivity index (χ3n) is 2.67. The molecule has 0 spiro atoms. The summed E-state index contributed by atoms with van der Waals surface area (Å²) in [4.78, 5) is 17.3. The summed E-state index contributed by atoms with van der Waals surface area (Å²) in [7, 11) is 0. The van der Waals surface area contributed by atoms with E-state index in [2.05, 4.69) is 0 Å². The summed E-state index contributed by atoms with van der Waals surface area (Å²) in [5, 5.41) is 1.45. The minimum absolute atomic E-state index is 0.0664. The number of nitrogens with two attached hydrogens (primary N) is 1. The summed E-state index contributed by atoms with van der Waals surface area (Å²) >= 11 is 0. The van der Waals surface area contributed by atoms with E-state index in [4.69, 9.17) is 10.6 Å². The van der Waals surface area contributed by atoms with Crippen molar-refractivity contribution in [3.63, 3.8) is 0 Å². The van der Waals surface area contributed by atoms with Gasteiger partial charge in [0.1, 0.15) is 0 Å². The molecule has 16 heavy (non-hydrogen) atoms. The maximum Gasteiger partial charge on any atom is 0.277 e. The molecule has 4 nitrogen and oxygen atoms in total. The van der Waals surface area contributed by atoms with Crippen LogP contribution in [0.3, 0.4) is 0 Å². The molecule has 1 aromatic rings. The van der Waals surface area contributed by atoms with Gasteiger partial charge in [-0.2, -0.15) is 0 Å². The van der Waals surface area contributed by atoms with Gasteiger partial charge < -0.3 is 5.73 Å². The Bertz CT molecular complexity index is 356. The monoisotopic (exact) mass is 220 g/mol. The summed E-state index contributed by atoms with van der Waals surface area (Å²) in [6.07, 6.45) is 2.03. The molecule has 1 aliphatic rings. The standard InChI is InChI=1S/C12H16N2O2/c13-9-10-3-5-11(6-4-10)12(15)14-7-1-2-8-16-14/h3-6H,1-2,7-9,13H2. The maximum absolute atomic E-state index is 12.0. The second-order valence-electron chi connectivity index (χ2n) is 3.85. The zero-order valence-corrected chi connectivity index (χ0v) is 9.19. The van der Waals surface area contributed by atoms with E-state index in [0.29, 0.717) is 25.3 Å². The van der Waals surface area contributed by atoms with Crippen molar-refractivity contribution < 1.29 is 9.63 Å². The first kappa shape index (κ1) is 11.1. The molecule has 1 aromatic carbocycles. The van der Waals surface area contributed by atoms with Crippen molar-refractivity contribution >= 4 is 5.91 Å². The molecule has 2 rings (SSSR count). The molecular formula is C12H16N2O2. The van der Waals surface area contributed by atoms with Crippen LogP contribution < -0.4 is 5.73 Å². The molecule has 0 bridgehead atoms.